The van der Waals surface area contributed by atoms with Gasteiger partial charge in [-0.05, 0) is 95.0 Å². The zero-order valence-corrected chi connectivity index (χ0v) is 19.0. The second-order valence-electron chi connectivity index (χ2n) is 8.20. The van der Waals surface area contributed by atoms with E-state index in [1.54, 1.807) is 32.9 Å². The van der Waals surface area contributed by atoms with Crippen LogP contribution in [0.15, 0.2) is 53.4 Å². The molecule has 0 aromatic heterocycles. The summed E-state index contributed by atoms with van der Waals surface area (Å²) in [6.45, 7) is 5.29. The molecule has 1 fully saturated rings. The molecule has 0 spiro atoms. The molecule has 3 N–H and O–H groups in total. The van der Waals surface area contributed by atoms with Gasteiger partial charge >= 0.3 is 0 Å². The van der Waals surface area contributed by atoms with Gasteiger partial charge in [-0.3, -0.25) is 4.79 Å². The van der Waals surface area contributed by atoms with Crippen molar-refractivity contribution in [1.29, 1.82) is 0 Å². The van der Waals surface area contributed by atoms with Crippen LogP contribution < -0.4 is 20.1 Å². The maximum Gasteiger partial charge on any atom is 0.246 e. The molecule has 1 atom stereocenters. The van der Waals surface area contributed by atoms with E-state index in [1.807, 2.05) is 24.3 Å². The van der Waals surface area contributed by atoms with Gasteiger partial charge in [0.05, 0.1) is 11.0 Å². The third-order valence-electron chi connectivity index (χ3n) is 5.06. The molecule has 0 bridgehead atoms. The number of rotatable bonds is 9. The van der Waals surface area contributed by atoms with Gasteiger partial charge in [-0.15, -0.1) is 0 Å². The maximum absolute atomic E-state index is 12.5. The lowest BCUT2D eigenvalue weighted by Gasteiger charge is -2.17. The Labute approximate surface area is 184 Å². The summed E-state index contributed by atoms with van der Waals surface area (Å²) in [5.74, 6) is 0.624. The Balaban J connectivity index is 1.53. The minimum atomic E-state index is -3.56. The largest absolute Gasteiger partial charge is 0.490 e. The molecule has 0 radical (unpaired) electrons. The second kappa shape index (κ2) is 10.2. The van der Waals surface area contributed by atoms with E-state index in [1.165, 1.54) is 25.0 Å². The first-order valence-electron chi connectivity index (χ1n) is 10.7. The fourth-order valence-corrected chi connectivity index (χ4v) is 4.74. The van der Waals surface area contributed by atoms with Gasteiger partial charge in [0.1, 0.15) is 11.8 Å². The highest BCUT2D eigenvalue weighted by Crippen LogP contribution is 2.25. The minimum absolute atomic E-state index is 0.158. The molecule has 7 nitrogen and oxygen atoms in total. The van der Waals surface area contributed by atoms with Crippen LogP contribution in [0.3, 0.4) is 0 Å². The molecular formula is C23H31N3O4S. The van der Waals surface area contributed by atoms with Gasteiger partial charge in [-0.1, -0.05) is 0 Å². The second-order valence-corrected chi connectivity index (χ2v) is 9.92. The Morgan fingerprint density at radius 3 is 2.10 bits per heavy atom. The highest BCUT2D eigenvalue weighted by molar-refractivity contribution is 7.89. The smallest absolute Gasteiger partial charge is 0.246 e. The lowest BCUT2D eigenvalue weighted by Crippen LogP contribution is -2.32. The van der Waals surface area contributed by atoms with Crippen LogP contribution in [0.4, 0.5) is 11.4 Å². The molecule has 1 amide bonds. The van der Waals surface area contributed by atoms with Crippen LogP contribution in [-0.2, 0) is 14.8 Å². The van der Waals surface area contributed by atoms with Crippen molar-refractivity contribution in [3.8, 4) is 5.75 Å². The van der Waals surface area contributed by atoms with E-state index in [0.29, 0.717) is 11.8 Å². The number of amides is 1. The number of carbonyl (C=O) groups is 1. The molecule has 168 valence electrons. The van der Waals surface area contributed by atoms with Crippen molar-refractivity contribution in [1.82, 2.24) is 4.72 Å². The molecule has 1 saturated carbocycles. The molecule has 0 aliphatic heterocycles. The normalized spacial score (nSPS) is 15.6. The molecule has 2 aromatic carbocycles. The van der Waals surface area contributed by atoms with Crippen LogP contribution in [0, 0.1) is 0 Å². The van der Waals surface area contributed by atoms with E-state index in [0.717, 1.165) is 24.3 Å². The molecule has 1 unspecified atom stereocenters. The van der Waals surface area contributed by atoms with Gasteiger partial charge in [-0.2, -0.15) is 0 Å². The molecule has 0 heterocycles. The predicted octanol–water partition coefficient (Wildman–Crippen LogP) is 4.13. The van der Waals surface area contributed by atoms with Gasteiger partial charge in [-0.25, -0.2) is 13.1 Å². The zero-order valence-electron chi connectivity index (χ0n) is 18.2. The maximum atomic E-state index is 12.5. The fraction of sp³-hybridized carbons (Fsp3) is 0.435. The molecule has 0 saturated heterocycles. The number of hydrogen-bond donors (Lipinski definition) is 3. The van der Waals surface area contributed by atoms with E-state index < -0.39 is 16.1 Å². The number of sulfonamides is 1. The summed E-state index contributed by atoms with van der Waals surface area (Å²) in [4.78, 5) is 12.7. The molecule has 1 aliphatic carbocycles. The van der Waals surface area contributed by atoms with Crippen molar-refractivity contribution in [3.05, 3.63) is 48.5 Å². The van der Waals surface area contributed by atoms with Crippen molar-refractivity contribution in [3.63, 3.8) is 0 Å². The summed E-state index contributed by atoms with van der Waals surface area (Å²) >= 11 is 0. The van der Waals surface area contributed by atoms with E-state index in [-0.39, 0.29) is 16.8 Å². The predicted molar refractivity (Wildman–Crippen MR) is 123 cm³/mol. The highest BCUT2D eigenvalue weighted by Gasteiger charge is 2.18. The third kappa shape index (κ3) is 6.70. The number of nitrogens with one attached hydrogen (secondary N) is 3. The van der Waals surface area contributed by atoms with Gasteiger partial charge in [0, 0.05) is 17.4 Å². The van der Waals surface area contributed by atoms with Gasteiger partial charge in [0.2, 0.25) is 15.9 Å². The van der Waals surface area contributed by atoms with E-state index in [2.05, 4.69) is 15.4 Å². The Bertz CT molecular complexity index is 967. The molecule has 3 rings (SSSR count). The Morgan fingerprint density at radius 1 is 0.935 bits per heavy atom. The van der Waals surface area contributed by atoms with Crippen molar-refractivity contribution in [2.24, 2.45) is 0 Å². The Morgan fingerprint density at radius 2 is 1.52 bits per heavy atom. The first-order chi connectivity index (χ1) is 14.7. The molecule has 31 heavy (non-hydrogen) atoms. The summed E-state index contributed by atoms with van der Waals surface area (Å²) < 4.78 is 32.9. The Kier molecular flexibility index (Phi) is 7.56. The van der Waals surface area contributed by atoms with Crippen molar-refractivity contribution >= 4 is 27.3 Å². The lowest BCUT2D eigenvalue weighted by molar-refractivity contribution is -0.116. The average Bonchev–Trinajstić information content (AvgIpc) is 3.22. The van der Waals surface area contributed by atoms with Crippen LogP contribution in [0.25, 0.3) is 0 Å². The van der Waals surface area contributed by atoms with Crippen LogP contribution >= 0.6 is 0 Å². The zero-order chi connectivity index (χ0) is 22.4. The van der Waals surface area contributed by atoms with Crippen LogP contribution in [0.1, 0.15) is 46.5 Å². The number of hydrogen-bond acceptors (Lipinski definition) is 5. The summed E-state index contributed by atoms with van der Waals surface area (Å²) in [7, 11) is -3.56. The van der Waals surface area contributed by atoms with Crippen LogP contribution in [0.5, 0.6) is 5.75 Å². The molecular weight excluding hydrogens is 414 g/mol. The molecule has 1 aliphatic rings. The SMILES string of the molecule is CC(C)NS(=O)(=O)c1ccc(NC(=O)C(C)Nc2ccc(OC3CCCC3)cc2)cc1. The number of benzene rings is 2. The lowest BCUT2D eigenvalue weighted by atomic mass is 10.2. The number of carbonyl (C=O) groups excluding carboxylic acids is 1. The summed E-state index contributed by atoms with van der Waals surface area (Å²) in [5.41, 5.74) is 1.35. The first-order valence-corrected chi connectivity index (χ1v) is 12.2. The van der Waals surface area contributed by atoms with E-state index in [4.69, 9.17) is 4.74 Å². The van der Waals surface area contributed by atoms with Gasteiger partial charge in [0.15, 0.2) is 0 Å². The fourth-order valence-electron chi connectivity index (χ4n) is 3.49. The Hall–Kier alpha value is -2.58. The van der Waals surface area contributed by atoms with Crippen LogP contribution in [-0.4, -0.2) is 32.5 Å². The third-order valence-corrected chi connectivity index (χ3v) is 6.73. The van der Waals surface area contributed by atoms with Gasteiger partial charge in [0.25, 0.3) is 0 Å². The van der Waals surface area contributed by atoms with Gasteiger partial charge < -0.3 is 15.4 Å². The van der Waals surface area contributed by atoms with Crippen molar-refractivity contribution < 1.29 is 17.9 Å². The minimum Gasteiger partial charge on any atom is -0.490 e. The van der Waals surface area contributed by atoms with Crippen molar-refractivity contribution in [2.45, 2.75) is 69.5 Å². The highest BCUT2D eigenvalue weighted by atomic mass is 32.2. The first kappa shape index (κ1) is 23.1. The average molecular weight is 446 g/mol. The van der Waals surface area contributed by atoms with Crippen molar-refractivity contribution in [2.75, 3.05) is 10.6 Å². The number of ether oxygens (including phenoxy) is 1. The summed E-state index contributed by atoms with van der Waals surface area (Å²) in [6.07, 6.45) is 4.98. The molecule has 2 aromatic rings. The monoisotopic (exact) mass is 445 g/mol. The van der Waals surface area contributed by atoms with E-state index in [9.17, 15) is 13.2 Å². The topological polar surface area (TPSA) is 96.5 Å². The quantitative estimate of drug-likeness (QED) is 0.539. The number of anilines is 2. The summed E-state index contributed by atoms with van der Waals surface area (Å²) in [6, 6.07) is 13.1. The van der Waals surface area contributed by atoms with E-state index >= 15 is 0 Å². The summed E-state index contributed by atoms with van der Waals surface area (Å²) in [5, 5.41) is 5.97. The van der Waals surface area contributed by atoms with Crippen LogP contribution in [0.2, 0.25) is 0 Å². The molecule has 8 heteroatoms. The standard InChI is InChI=1S/C23H31N3O4S/c1-16(2)26-31(28,29)22-14-10-19(11-15-22)25-23(27)17(3)24-18-8-12-21(13-9-18)30-20-6-4-5-7-20/h8-17,20,24,26H,4-7H2,1-3H3,(H,25,27).